The molecule has 122 valence electrons. The van der Waals surface area contributed by atoms with Crippen LogP contribution in [-0.2, 0) is 10.0 Å². The third-order valence-electron chi connectivity index (χ3n) is 2.91. The van der Waals surface area contributed by atoms with Gasteiger partial charge in [-0.25, -0.2) is 13.6 Å². The van der Waals surface area contributed by atoms with E-state index in [1.807, 2.05) is 30.3 Å². The van der Waals surface area contributed by atoms with Gasteiger partial charge in [0.05, 0.1) is 17.0 Å². The van der Waals surface area contributed by atoms with Crippen molar-refractivity contribution >= 4 is 31.9 Å². The summed E-state index contributed by atoms with van der Waals surface area (Å²) >= 11 is 3.22. The first-order valence-electron chi connectivity index (χ1n) is 6.66. The van der Waals surface area contributed by atoms with Crippen LogP contribution in [-0.4, -0.2) is 27.5 Å². The lowest BCUT2D eigenvalue weighted by Gasteiger charge is -2.09. The monoisotopic (exact) mass is 398 g/mol. The lowest BCUT2D eigenvalue weighted by Crippen LogP contribution is -2.28. The van der Waals surface area contributed by atoms with Crippen LogP contribution < -0.4 is 15.2 Å². The molecule has 0 heterocycles. The lowest BCUT2D eigenvalue weighted by atomic mass is 10.2. The average molecular weight is 399 g/mol. The Morgan fingerprint density at radius 3 is 2.52 bits per heavy atom. The van der Waals surface area contributed by atoms with Crippen molar-refractivity contribution in [1.82, 2.24) is 5.32 Å². The van der Waals surface area contributed by atoms with Crippen molar-refractivity contribution in [2.45, 2.75) is 4.90 Å². The van der Waals surface area contributed by atoms with Crippen LogP contribution in [0.15, 0.2) is 57.9 Å². The average Bonchev–Trinajstić information content (AvgIpc) is 2.51. The first-order chi connectivity index (χ1) is 10.9. The van der Waals surface area contributed by atoms with E-state index in [4.69, 9.17) is 9.88 Å². The molecule has 3 N–H and O–H groups in total. The Balaban J connectivity index is 1.95. The van der Waals surface area contributed by atoms with E-state index in [0.717, 1.165) is 0 Å². The van der Waals surface area contributed by atoms with E-state index in [-0.39, 0.29) is 17.0 Å². The van der Waals surface area contributed by atoms with Crippen molar-refractivity contribution in [2.75, 3.05) is 13.2 Å². The Labute approximate surface area is 142 Å². The molecule has 23 heavy (non-hydrogen) atoms. The van der Waals surface area contributed by atoms with Crippen LogP contribution in [0.25, 0.3) is 0 Å². The Morgan fingerprint density at radius 2 is 1.87 bits per heavy atom. The van der Waals surface area contributed by atoms with Gasteiger partial charge in [-0.1, -0.05) is 18.2 Å². The molecule has 6 nitrogen and oxygen atoms in total. The number of halogens is 1. The molecule has 0 aliphatic carbocycles. The molecule has 0 aliphatic heterocycles. The van der Waals surface area contributed by atoms with Crippen LogP contribution in [0.4, 0.5) is 0 Å². The van der Waals surface area contributed by atoms with Gasteiger partial charge in [0.2, 0.25) is 10.0 Å². The Kier molecular flexibility index (Phi) is 5.75. The number of carbonyl (C=O) groups excluding carboxylic acids is 1. The highest BCUT2D eigenvalue weighted by molar-refractivity contribution is 9.10. The van der Waals surface area contributed by atoms with Gasteiger partial charge in [0, 0.05) is 4.47 Å². The molecule has 0 unspecified atom stereocenters. The van der Waals surface area contributed by atoms with Gasteiger partial charge < -0.3 is 10.1 Å². The molecule has 2 aromatic carbocycles. The number of amides is 1. The van der Waals surface area contributed by atoms with Crippen molar-refractivity contribution in [2.24, 2.45) is 5.14 Å². The van der Waals surface area contributed by atoms with Crippen molar-refractivity contribution < 1.29 is 17.9 Å². The van der Waals surface area contributed by atoms with Crippen molar-refractivity contribution in [3.8, 4) is 5.75 Å². The maximum atomic E-state index is 12.1. The number of hydrogen-bond acceptors (Lipinski definition) is 4. The first-order valence-corrected chi connectivity index (χ1v) is 9.00. The van der Waals surface area contributed by atoms with Gasteiger partial charge in [-0.05, 0) is 46.3 Å². The Hall–Kier alpha value is -1.90. The second-order valence-corrected chi connectivity index (χ2v) is 7.02. The van der Waals surface area contributed by atoms with Gasteiger partial charge >= 0.3 is 0 Å². The summed E-state index contributed by atoms with van der Waals surface area (Å²) in [6, 6.07) is 13.2. The Morgan fingerprint density at radius 1 is 1.17 bits per heavy atom. The molecule has 2 aromatic rings. The van der Waals surface area contributed by atoms with Crippen molar-refractivity contribution in [3.63, 3.8) is 0 Å². The minimum absolute atomic E-state index is 0.119. The van der Waals surface area contributed by atoms with Crippen molar-refractivity contribution in [1.29, 1.82) is 0 Å². The van der Waals surface area contributed by atoms with E-state index in [0.29, 0.717) is 16.8 Å². The summed E-state index contributed by atoms with van der Waals surface area (Å²) in [5.74, 6) is 0.290. The second-order valence-electron chi connectivity index (χ2n) is 4.60. The van der Waals surface area contributed by atoms with E-state index >= 15 is 0 Å². The van der Waals surface area contributed by atoms with Crippen LogP contribution in [0.5, 0.6) is 5.75 Å². The zero-order chi connectivity index (χ0) is 16.9. The summed E-state index contributed by atoms with van der Waals surface area (Å²) in [7, 11) is -3.86. The fourth-order valence-corrected chi connectivity index (χ4v) is 2.77. The summed E-state index contributed by atoms with van der Waals surface area (Å²) in [6.07, 6.45) is 0. The fraction of sp³-hybridized carbons (Fsp3) is 0.133. The molecule has 0 spiro atoms. The molecule has 8 heteroatoms. The number of rotatable bonds is 6. The summed E-state index contributed by atoms with van der Waals surface area (Å²) in [6.45, 7) is 0.571. The van der Waals surface area contributed by atoms with Gasteiger partial charge in [-0.3, -0.25) is 4.79 Å². The molecule has 0 fully saturated rings. The molecule has 0 aromatic heterocycles. The number of primary sulfonamides is 1. The van der Waals surface area contributed by atoms with Gasteiger partial charge in [-0.15, -0.1) is 0 Å². The number of nitrogens with two attached hydrogens (primary N) is 1. The van der Waals surface area contributed by atoms with Crippen LogP contribution in [0, 0.1) is 0 Å². The zero-order valence-electron chi connectivity index (χ0n) is 12.0. The van der Waals surface area contributed by atoms with Gasteiger partial charge in [0.15, 0.2) is 0 Å². The maximum Gasteiger partial charge on any atom is 0.252 e. The van der Waals surface area contributed by atoms with Crippen molar-refractivity contribution in [3.05, 3.63) is 58.6 Å². The summed E-state index contributed by atoms with van der Waals surface area (Å²) in [5.41, 5.74) is 0.191. The fourth-order valence-electron chi connectivity index (χ4n) is 1.80. The highest BCUT2D eigenvalue weighted by Crippen LogP contribution is 2.20. The highest BCUT2D eigenvalue weighted by atomic mass is 79.9. The van der Waals surface area contributed by atoms with E-state index in [9.17, 15) is 13.2 Å². The molecule has 2 rings (SSSR count). The predicted octanol–water partition coefficient (Wildman–Crippen LogP) is 1.91. The largest absolute Gasteiger partial charge is 0.492 e. The molecular formula is C15H15BrN2O4S. The van der Waals surface area contributed by atoms with Gasteiger partial charge in [0.25, 0.3) is 5.91 Å². The van der Waals surface area contributed by atoms with E-state index < -0.39 is 15.9 Å². The zero-order valence-corrected chi connectivity index (χ0v) is 14.4. The van der Waals surface area contributed by atoms with Gasteiger partial charge in [0.1, 0.15) is 12.4 Å². The molecule has 0 atom stereocenters. The van der Waals surface area contributed by atoms with E-state index in [2.05, 4.69) is 21.2 Å². The first kappa shape index (κ1) is 17.5. The van der Waals surface area contributed by atoms with Crippen LogP contribution in [0.2, 0.25) is 0 Å². The number of carbonyl (C=O) groups is 1. The summed E-state index contributed by atoms with van der Waals surface area (Å²) < 4.78 is 28.6. The topological polar surface area (TPSA) is 98.5 Å². The SMILES string of the molecule is NS(=O)(=O)c1ccc(Br)c(C(=O)NCCOc2ccccc2)c1. The summed E-state index contributed by atoms with van der Waals surface area (Å²) in [5, 5.41) is 7.73. The highest BCUT2D eigenvalue weighted by Gasteiger charge is 2.15. The maximum absolute atomic E-state index is 12.1. The Bertz CT molecular complexity index is 794. The third kappa shape index (κ3) is 5.05. The number of hydrogen-bond donors (Lipinski definition) is 2. The van der Waals surface area contributed by atoms with E-state index in [1.165, 1.54) is 18.2 Å². The molecular weight excluding hydrogens is 384 g/mol. The minimum Gasteiger partial charge on any atom is -0.492 e. The second kappa shape index (κ2) is 7.58. The van der Waals surface area contributed by atoms with Crippen LogP contribution in [0.3, 0.4) is 0 Å². The quantitative estimate of drug-likeness (QED) is 0.725. The van der Waals surface area contributed by atoms with Crippen LogP contribution >= 0.6 is 15.9 Å². The number of para-hydroxylation sites is 1. The van der Waals surface area contributed by atoms with Gasteiger partial charge in [-0.2, -0.15) is 0 Å². The van der Waals surface area contributed by atoms with E-state index in [1.54, 1.807) is 0 Å². The standard InChI is InChI=1S/C15H15BrN2O4S/c16-14-7-6-12(23(17,20)21)10-13(14)15(19)18-8-9-22-11-4-2-1-3-5-11/h1-7,10H,8-9H2,(H,18,19)(H2,17,20,21). The minimum atomic E-state index is -3.86. The lowest BCUT2D eigenvalue weighted by molar-refractivity contribution is 0.0946. The number of ether oxygens (including phenoxy) is 1. The third-order valence-corrected chi connectivity index (χ3v) is 4.51. The smallest absolute Gasteiger partial charge is 0.252 e. The number of nitrogens with one attached hydrogen (secondary N) is 1. The molecule has 1 amide bonds. The van der Waals surface area contributed by atoms with Crippen LogP contribution in [0.1, 0.15) is 10.4 Å². The molecule has 0 aliphatic rings. The normalized spacial score (nSPS) is 11.0. The molecule has 0 saturated heterocycles. The number of benzene rings is 2. The predicted molar refractivity (Wildman–Crippen MR) is 89.8 cm³/mol. The molecule has 0 saturated carbocycles. The molecule has 0 bridgehead atoms. The summed E-state index contributed by atoms with van der Waals surface area (Å²) in [4.78, 5) is 12.0. The molecule has 0 radical (unpaired) electrons. The number of sulfonamides is 1.